The number of fused-ring (bicyclic) bond motifs is 1. The first-order chi connectivity index (χ1) is 9.52. The lowest BCUT2D eigenvalue weighted by atomic mass is 10.3. The first-order valence-corrected chi connectivity index (χ1v) is 7.77. The maximum absolute atomic E-state index is 5.94. The SMILES string of the molecule is Cc1cc2c(Nc3ccc(Cl)cc3Br)nc(N)nc2s1. The largest absolute Gasteiger partial charge is 0.368 e. The van der Waals surface area contributed by atoms with Crippen LogP contribution in [0.15, 0.2) is 28.7 Å². The summed E-state index contributed by atoms with van der Waals surface area (Å²) in [5.41, 5.74) is 6.63. The zero-order valence-electron chi connectivity index (χ0n) is 10.4. The second-order valence-electron chi connectivity index (χ2n) is 4.26. The first-order valence-electron chi connectivity index (χ1n) is 5.78. The van der Waals surface area contributed by atoms with Crippen molar-refractivity contribution in [1.29, 1.82) is 0 Å². The maximum Gasteiger partial charge on any atom is 0.223 e. The number of nitrogens with one attached hydrogen (secondary N) is 1. The van der Waals surface area contributed by atoms with Crippen molar-refractivity contribution in [2.45, 2.75) is 6.92 Å². The number of rotatable bonds is 2. The summed E-state index contributed by atoms with van der Waals surface area (Å²) in [7, 11) is 0. The van der Waals surface area contributed by atoms with Gasteiger partial charge in [0.25, 0.3) is 0 Å². The van der Waals surface area contributed by atoms with Gasteiger partial charge in [0.15, 0.2) is 0 Å². The van der Waals surface area contributed by atoms with Crippen LogP contribution in [0.1, 0.15) is 4.88 Å². The van der Waals surface area contributed by atoms with E-state index < -0.39 is 0 Å². The van der Waals surface area contributed by atoms with Crippen molar-refractivity contribution < 1.29 is 0 Å². The van der Waals surface area contributed by atoms with Gasteiger partial charge in [-0.15, -0.1) is 11.3 Å². The smallest absolute Gasteiger partial charge is 0.223 e. The van der Waals surface area contributed by atoms with Crippen LogP contribution in [0.25, 0.3) is 10.2 Å². The molecule has 0 fully saturated rings. The molecule has 3 N–H and O–H groups in total. The summed E-state index contributed by atoms with van der Waals surface area (Å²) in [4.78, 5) is 10.6. The van der Waals surface area contributed by atoms with E-state index in [1.54, 1.807) is 11.3 Å². The first kappa shape index (κ1) is 13.6. The van der Waals surface area contributed by atoms with Crippen LogP contribution in [0, 0.1) is 6.92 Å². The Morgan fingerprint density at radius 2 is 2.10 bits per heavy atom. The van der Waals surface area contributed by atoms with E-state index in [9.17, 15) is 0 Å². The summed E-state index contributed by atoms with van der Waals surface area (Å²) >= 11 is 11.0. The van der Waals surface area contributed by atoms with Crippen molar-refractivity contribution in [3.05, 3.63) is 38.6 Å². The fourth-order valence-electron chi connectivity index (χ4n) is 1.87. The number of hydrogen-bond donors (Lipinski definition) is 2. The van der Waals surface area contributed by atoms with Gasteiger partial charge in [-0.3, -0.25) is 0 Å². The van der Waals surface area contributed by atoms with Gasteiger partial charge in [0.05, 0.1) is 11.1 Å². The molecule has 0 amide bonds. The van der Waals surface area contributed by atoms with E-state index in [0.29, 0.717) is 10.8 Å². The predicted molar refractivity (Wildman–Crippen MR) is 89.0 cm³/mol. The summed E-state index contributed by atoms with van der Waals surface area (Å²) in [6.45, 7) is 2.03. The van der Waals surface area contributed by atoms with Gasteiger partial charge in [-0.2, -0.15) is 4.98 Å². The highest BCUT2D eigenvalue weighted by atomic mass is 79.9. The molecule has 20 heavy (non-hydrogen) atoms. The average Bonchev–Trinajstić information content (AvgIpc) is 2.73. The van der Waals surface area contributed by atoms with E-state index in [1.165, 1.54) is 0 Å². The Morgan fingerprint density at radius 1 is 1.30 bits per heavy atom. The lowest BCUT2D eigenvalue weighted by Gasteiger charge is -2.09. The van der Waals surface area contributed by atoms with Gasteiger partial charge in [0, 0.05) is 14.4 Å². The Bertz CT molecular complexity index is 802. The standard InChI is InChI=1S/C13H10BrClN4S/c1-6-4-8-11(18-13(16)19-12(8)20-6)17-10-3-2-7(15)5-9(10)14/h2-5H,1H3,(H3,16,17,18,19). The lowest BCUT2D eigenvalue weighted by Crippen LogP contribution is -2.00. The highest BCUT2D eigenvalue weighted by Gasteiger charge is 2.11. The number of halogens is 2. The number of anilines is 3. The molecule has 0 aliphatic heterocycles. The number of aromatic nitrogens is 2. The number of hydrogen-bond acceptors (Lipinski definition) is 5. The van der Waals surface area contributed by atoms with Gasteiger partial charge >= 0.3 is 0 Å². The van der Waals surface area contributed by atoms with Crippen molar-refractivity contribution in [2.75, 3.05) is 11.1 Å². The minimum atomic E-state index is 0.256. The van der Waals surface area contributed by atoms with Crippen LogP contribution in [0.4, 0.5) is 17.5 Å². The Hall–Kier alpha value is -1.37. The topological polar surface area (TPSA) is 63.8 Å². The van der Waals surface area contributed by atoms with Crippen LogP contribution in [-0.4, -0.2) is 9.97 Å². The third-order valence-electron chi connectivity index (χ3n) is 2.72. The molecule has 2 heterocycles. The third-order valence-corrected chi connectivity index (χ3v) is 4.55. The molecule has 102 valence electrons. The van der Waals surface area contributed by atoms with Crippen molar-refractivity contribution in [1.82, 2.24) is 9.97 Å². The molecule has 0 atom stereocenters. The number of benzene rings is 1. The second kappa shape index (κ2) is 5.20. The molecule has 7 heteroatoms. The van der Waals surface area contributed by atoms with Gasteiger partial charge in [-0.05, 0) is 47.1 Å². The van der Waals surface area contributed by atoms with Crippen molar-refractivity contribution in [2.24, 2.45) is 0 Å². The van der Waals surface area contributed by atoms with Crippen LogP contribution in [0.2, 0.25) is 5.02 Å². The van der Waals surface area contributed by atoms with Crippen LogP contribution < -0.4 is 11.1 Å². The number of nitrogen functional groups attached to an aromatic ring is 1. The molecule has 1 aromatic carbocycles. The third kappa shape index (κ3) is 2.59. The van der Waals surface area contributed by atoms with E-state index in [0.717, 1.165) is 25.3 Å². The fourth-order valence-corrected chi connectivity index (χ4v) is 3.54. The molecule has 0 saturated carbocycles. The van der Waals surface area contributed by atoms with Crippen molar-refractivity contribution in [3.8, 4) is 0 Å². The zero-order valence-corrected chi connectivity index (χ0v) is 13.6. The molecular weight excluding hydrogens is 360 g/mol. The summed E-state index contributed by atoms with van der Waals surface area (Å²) in [6, 6.07) is 7.57. The van der Waals surface area contributed by atoms with E-state index in [2.05, 4.69) is 31.2 Å². The van der Waals surface area contributed by atoms with Gasteiger partial charge in [-0.25, -0.2) is 4.98 Å². The minimum Gasteiger partial charge on any atom is -0.368 e. The molecule has 0 unspecified atom stereocenters. The molecule has 2 aromatic heterocycles. The molecule has 0 saturated heterocycles. The monoisotopic (exact) mass is 368 g/mol. The van der Waals surface area contributed by atoms with Gasteiger partial charge in [0.1, 0.15) is 10.6 Å². The molecule has 4 nitrogen and oxygen atoms in total. The number of nitrogens with zero attached hydrogens (tertiary/aromatic N) is 2. The Morgan fingerprint density at radius 3 is 2.85 bits per heavy atom. The number of nitrogens with two attached hydrogens (primary N) is 1. The Kier molecular flexibility index (Phi) is 3.54. The van der Waals surface area contributed by atoms with Gasteiger partial charge < -0.3 is 11.1 Å². The van der Waals surface area contributed by atoms with E-state index in [-0.39, 0.29) is 5.95 Å². The molecule has 3 rings (SSSR count). The fraction of sp³-hybridized carbons (Fsp3) is 0.0769. The lowest BCUT2D eigenvalue weighted by molar-refractivity contribution is 1.24. The van der Waals surface area contributed by atoms with Crippen molar-refractivity contribution in [3.63, 3.8) is 0 Å². The quantitative estimate of drug-likeness (QED) is 0.684. The highest BCUT2D eigenvalue weighted by Crippen LogP contribution is 2.33. The minimum absolute atomic E-state index is 0.256. The second-order valence-corrected chi connectivity index (χ2v) is 6.78. The van der Waals surface area contributed by atoms with E-state index >= 15 is 0 Å². The summed E-state index contributed by atoms with van der Waals surface area (Å²) in [5, 5.41) is 4.90. The van der Waals surface area contributed by atoms with Crippen LogP contribution >= 0.6 is 38.9 Å². The summed E-state index contributed by atoms with van der Waals surface area (Å²) in [5.74, 6) is 0.951. The normalized spacial score (nSPS) is 10.9. The summed E-state index contributed by atoms with van der Waals surface area (Å²) in [6.07, 6.45) is 0. The van der Waals surface area contributed by atoms with Gasteiger partial charge in [0.2, 0.25) is 5.95 Å². The van der Waals surface area contributed by atoms with E-state index in [4.69, 9.17) is 17.3 Å². The molecule has 0 aliphatic rings. The average molecular weight is 370 g/mol. The van der Waals surface area contributed by atoms with Crippen LogP contribution in [-0.2, 0) is 0 Å². The van der Waals surface area contributed by atoms with Crippen LogP contribution in [0.3, 0.4) is 0 Å². The summed E-state index contributed by atoms with van der Waals surface area (Å²) < 4.78 is 0.863. The molecule has 0 radical (unpaired) electrons. The zero-order chi connectivity index (χ0) is 14.3. The Labute approximate surface area is 133 Å². The van der Waals surface area contributed by atoms with E-state index in [1.807, 2.05) is 31.2 Å². The highest BCUT2D eigenvalue weighted by molar-refractivity contribution is 9.10. The van der Waals surface area contributed by atoms with Crippen molar-refractivity contribution >= 4 is 66.5 Å². The predicted octanol–water partition coefficient (Wildman–Crippen LogP) is 4.74. The molecular formula is C13H10BrClN4S. The number of thiophene rings is 1. The molecule has 0 aliphatic carbocycles. The number of aryl methyl sites for hydroxylation is 1. The van der Waals surface area contributed by atoms with Gasteiger partial charge in [-0.1, -0.05) is 11.6 Å². The molecule has 3 aromatic rings. The Balaban J connectivity index is 2.10. The maximum atomic E-state index is 5.94. The molecule has 0 spiro atoms. The molecule has 0 bridgehead atoms. The van der Waals surface area contributed by atoms with Crippen LogP contribution in [0.5, 0.6) is 0 Å².